The Labute approximate surface area is 139 Å². The van der Waals surface area contributed by atoms with Crippen molar-refractivity contribution in [2.75, 3.05) is 26.2 Å². The molecule has 0 saturated carbocycles. The molecule has 0 aliphatic carbocycles. The van der Waals surface area contributed by atoms with Crippen LogP contribution in [0.1, 0.15) is 25.8 Å². The fraction of sp³-hybridized carbons (Fsp3) is 0.500. The van der Waals surface area contributed by atoms with E-state index in [1.54, 1.807) is 0 Å². The van der Waals surface area contributed by atoms with Gasteiger partial charge >= 0.3 is 0 Å². The van der Waals surface area contributed by atoms with Gasteiger partial charge in [0.2, 0.25) is 0 Å². The number of hydrogen-bond acceptors (Lipinski definition) is 3. The van der Waals surface area contributed by atoms with Gasteiger partial charge < -0.3 is 5.11 Å². The Morgan fingerprint density at radius 2 is 1.87 bits per heavy atom. The van der Waals surface area contributed by atoms with Crippen molar-refractivity contribution >= 4 is 10.8 Å². The maximum atomic E-state index is 9.39. The largest absolute Gasteiger partial charge is 0.396 e. The lowest BCUT2D eigenvalue weighted by molar-refractivity contribution is 0.0351. The van der Waals surface area contributed by atoms with Gasteiger partial charge in [-0.25, -0.2) is 0 Å². The van der Waals surface area contributed by atoms with Crippen LogP contribution in [0.15, 0.2) is 42.5 Å². The molecular weight excluding hydrogens is 284 g/mol. The van der Waals surface area contributed by atoms with Gasteiger partial charge in [-0.3, -0.25) is 9.80 Å². The molecule has 0 spiro atoms. The summed E-state index contributed by atoms with van der Waals surface area (Å²) in [5, 5.41) is 12.1. The van der Waals surface area contributed by atoms with Gasteiger partial charge in [-0.2, -0.15) is 0 Å². The summed E-state index contributed by atoms with van der Waals surface area (Å²) in [6.07, 6.45) is 0.865. The molecule has 0 amide bonds. The highest BCUT2D eigenvalue weighted by Crippen LogP contribution is 2.22. The van der Waals surface area contributed by atoms with Crippen LogP contribution in [0, 0.1) is 0 Å². The Morgan fingerprint density at radius 1 is 1.09 bits per heavy atom. The number of aliphatic hydroxyl groups excluding tert-OH is 1. The van der Waals surface area contributed by atoms with E-state index in [1.807, 2.05) is 0 Å². The van der Waals surface area contributed by atoms with Crippen molar-refractivity contribution in [1.29, 1.82) is 0 Å². The zero-order valence-corrected chi connectivity index (χ0v) is 14.3. The van der Waals surface area contributed by atoms with Gasteiger partial charge in [0.1, 0.15) is 0 Å². The Balaban J connectivity index is 1.75. The number of nitrogens with zero attached hydrogens (tertiary/aromatic N) is 2. The van der Waals surface area contributed by atoms with Gasteiger partial charge in [-0.15, -0.1) is 0 Å². The molecule has 1 aliphatic heterocycles. The number of hydrogen-bond donors (Lipinski definition) is 1. The normalized spacial score (nSPS) is 20.4. The molecule has 1 saturated heterocycles. The van der Waals surface area contributed by atoms with Crippen molar-refractivity contribution in [3.8, 4) is 0 Å². The molecule has 0 radical (unpaired) electrons. The quantitative estimate of drug-likeness (QED) is 0.919. The van der Waals surface area contributed by atoms with Gasteiger partial charge in [-0.05, 0) is 36.6 Å². The predicted molar refractivity (Wildman–Crippen MR) is 96.6 cm³/mol. The van der Waals surface area contributed by atoms with E-state index >= 15 is 0 Å². The van der Waals surface area contributed by atoms with Gasteiger partial charge in [-0.1, -0.05) is 42.5 Å². The molecule has 1 heterocycles. The second-order valence-corrected chi connectivity index (χ2v) is 6.87. The van der Waals surface area contributed by atoms with E-state index < -0.39 is 0 Å². The Hall–Kier alpha value is -1.42. The molecule has 23 heavy (non-hydrogen) atoms. The number of piperazine rings is 1. The van der Waals surface area contributed by atoms with E-state index in [2.05, 4.69) is 66.1 Å². The van der Waals surface area contributed by atoms with E-state index in [1.165, 1.54) is 16.3 Å². The maximum Gasteiger partial charge on any atom is 0.0446 e. The summed E-state index contributed by atoms with van der Waals surface area (Å²) >= 11 is 0. The Kier molecular flexibility index (Phi) is 5.31. The summed E-state index contributed by atoms with van der Waals surface area (Å²) in [5.41, 5.74) is 1.41. The van der Waals surface area contributed by atoms with Crippen molar-refractivity contribution in [2.45, 2.75) is 38.9 Å². The summed E-state index contributed by atoms with van der Waals surface area (Å²) in [6, 6.07) is 16.2. The molecule has 3 heteroatoms. The molecular formula is C20H28N2O. The van der Waals surface area contributed by atoms with Crippen LogP contribution in [-0.2, 0) is 6.54 Å². The first-order chi connectivity index (χ1) is 11.2. The summed E-state index contributed by atoms with van der Waals surface area (Å²) in [4.78, 5) is 5.08. The van der Waals surface area contributed by atoms with E-state index in [-0.39, 0.29) is 6.61 Å². The highest BCUT2D eigenvalue weighted by atomic mass is 16.3. The average molecular weight is 312 g/mol. The van der Waals surface area contributed by atoms with Crippen molar-refractivity contribution in [2.24, 2.45) is 0 Å². The van der Waals surface area contributed by atoms with Gasteiger partial charge in [0, 0.05) is 44.9 Å². The fourth-order valence-corrected chi connectivity index (χ4v) is 3.83. The zero-order valence-electron chi connectivity index (χ0n) is 14.3. The van der Waals surface area contributed by atoms with Crippen LogP contribution in [0.2, 0.25) is 0 Å². The molecule has 0 aromatic heterocycles. The summed E-state index contributed by atoms with van der Waals surface area (Å²) < 4.78 is 0. The lowest BCUT2D eigenvalue weighted by atomic mass is 10.0. The molecule has 3 nitrogen and oxygen atoms in total. The molecule has 3 rings (SSSR count). The van der Waals surface area contributed by atoms with E-state index in [4.69, 9.17) is 0 Å². The molecule has 1 atom stereocenters. The van der Waals surface area contributed by atoms with Crippen molar-refractivity contribution in [3.05, 3.63) is 48.0 Å². The first kappa shape index (κ1) is 16.4. The topological polar surface area (TPSA) is 26.7 Å². The first-order valence-electron chi connectivity index (χ1n) is 8.74. The summed E-state index contributed by atoms with van der Waals surface area (Å²) in [7, 11) is 0. The van der Waals surface area contributed by atoms with Crippen LogP contribution in [0.3, 0.4) is 0 Å². The number of fused-ring (bicyclic) bond motifs is 1. The molecule has 2 aromatic rings. The molecule has 0 unspecified atom stereocenters. The highest BCUT2D eigenvalue weighted by molar-refractivity contribution is 5.85. The standard InChI is InChI=1S/C20H28N2O/c1-16(2)22-12-11-21(15-19(22)10-13-23)14-18-8-5-7-17-6-3-4-9-20(17)18/h3-9,16,19,23H,10-15H2,1-2H3/t19-/m1/s1. The minimum atomic E-state index is 0.274. The second kappa shape index (κ2) is 7.43. The molecule has 1 aliphatic rings. The lowest BCUT2D eigenvalue weighted by Crippen LogP contribution is -2.55. The van der Waals surface area contributed by atoms with Crippen LogP contribution >= 0.6 is 0 Å². The van der Waals surface area contributed by atoms with Gasteiger partial charge in [0.05, 0.1) is 0 Å². The highest BCUT2D eigenvalue weighted by Gasteiger charge is 2.28. The SMILES string of the molecule is CC(C)N1CCN(Cc2cccc3ccccc23)C[C@H]1CCO. The molecule has 1 fully saturated rings. The van der Waals surface area contributed by atoms with E-state index in [0.717, 1.165) is 32.6 Å². The van der Waals surface area contributed by atoms with Gasteiger partial charge in [0.15, 0.2) is 0 Å². The van der Waals surface area contributed by atoms with Crippen LogP contribution in [0.25, 0.3) is 10.8 Å². The van der Waals surface area contributed by atoms with Crippen molar-refractivity contribution in [3.63, 3.8) is 0 Å². The zero-order chi connectivity index (χ0) is 16.2. The molecule has 124 valence electrons. The summed E-state index contributed by atoms with van der Waals surface area (Å²) in [6.45, 7) is 9.01. The number of rotatable bonds is 5. The third kappa shape index (κ3) is 3.74. The third-order valence-corrected chi connectivity index (χ3v) is 5.01. The van der Waals surface area contributed by atoms with Crippen molar-refractivity contribution < 1.29 is 5.11 Å². The monoisotopic (exact) mass is 312 g/mol. The number of aliphatic hydroxyl groups is 1. The summed E-state index contributed by atoms with van der Waals surface area (Å²) in [5.74, 6) is 0. The molecule has 1 N–H and O–H groups in total. The average Bonchev–Trinajstić information content (AvgIpc) is 2.55. The van der Waals surface area contributed by atoms with E-state index in [0.29, 0.717) is 12.1 Å². The smallest absolute Gasteiger partial charge is 0.0446 e. The lowest BCUT2D eigenvalue weighted by Gasteiger charge is -2.43. The van der Waals surface area contributed by atoms with Crippen LogP contribution in [0.5, 0.6) is 0 Å². The Bertz CT molecular complexity index is 635. The number of benzene rings is 2. The fourth-order valence-electron chi connectivity index (χ4n) is 3.83. The third-order valence-electron chi connectivity index (χ3n) is 5.01. The minimum absolute atomic E-state index is 0.274. The van der Waals surface area contributed by atoms with Crippen LogP contribution in [-0.4, -0.2) is 53.2 Å². The van der Waals surface area contributed by atoms with Crippen LogP contribution in [0.4, 0.5) is 0 Å². The van der Waals surface area contributed by atoms with Gasteiger partial charge in [0.25, 0.3) is 0 Å². The second-order valence-electron chi connectivity index (χ2n) is 6.87. The first-order valence-corrected chi connectivity index (χ1v) is 8.74. The minimum Gasteiger partial charge on any atom is -0.396 e. The predicted octanol–water partition coefficient (Wildman–Crippen LogP) is 3.12. The molecule has 2 aromatic carbocycles. The molecule has 0 bridgehead atoms. The maximum absolute atomic E-state index is 9.39. The van der Waals surface area contributed by atoms with Crippen molar-refractivity contribution in [1.82, 2.24) is 9.80 Å². The Morgan fingerprint density at radius 3 is 2.65 bits per heavy atom. The van der Waals surface area contributed by atoms with E-state index in [9.17, 15) is 5.11 Å². The van der Waals surface area contributed by atoms with Crippen LogP contribution < -0.4 is 0 Å².